The minimum atomic E-state index is -4.46. The second kappa shape index (κ2) is 7.42. The number of nitro benzene ring substituents is 1. The smallest absolute Gasteiger partial charge is 0.416 e. The van der Waals surface area contributed by atoms with Crippen LogP contribution in [0.4, 0.5) is 24.5 Å². The molecule has 0 amide bonds. The van der Waals surface area contributed by atoms with Crippen LogP contribution < -0.4 is 5.32 Å². The van der Waals surface area contributed by atoms with Gasteiger partial charge in [-0.3, -0.25) is 10.1 Å². The fourth-order valence-electron chi connectivity index (χ4n) is 2.38. The number of anilines is 1. The molecule has 0 aliphatic heterocycles. The number of benzene rings is 2. The van der Waals surface area contributed by atoms with Crippen LogP contribution in [0.25, 0.3) is 0 Å². The Morgan fingerprint density at radius 1 is 1.23 bits per heavy atom. The molecule has 0 fully saturated rings. The SMILES string of the molecule is COC(=O)c1cc(NC(C)c2cccc(C(F)(F)F)c2)ccc1[N+](=O)[O-]. The number of carbonyl (C=O) groups is 1. The van der Waals surface area contributed by atoms with Crippen molar-refractivity contribution in [3.8, 4) is 0 Å². The lowest BCUT2D eigenvalue weighted by Gasteiger charge is -2.18. The van der Waals surface area contributed by atoms with Crippen LogP contribution in [0.15, 0.2) is 42.5 Å². The third-order valence-corrected chi connectivity index (χ3v) is 3.70. The summed E-state index contributed by atoms with van der Waals surface area (Å²) in [6.07, 6.45) is -4.46. The fraction of sp³-hybridized carbons (Fsp3) is 0.235. The van der Waals surface area contributed by atoms with E-state index in [1.165, 1.54) is 24.3 Å². The van der Waals surface area contributed by atoms with E-state index >= 15 is 0 Å². The predicted octanol–water partition coefficient (Wildman–Crippen LogP) is 4.57. The van der Waals surface area contributed by atoms with E-state index in [1.54, 1.807) is 6.92 Å². The van der Waals surface area contributed by atoms with Crippen molar-refractivity contribution in [2.75, 3.05) is 12.4 Å². The van der Waals surface area contributed by atoms with E-state index in [4.69, 9.17) is 0 Å². The molecule has 0 heterocycles. The quantitative estimate of drug-likeness (QED) is 0.475. The van der Waals surface area contributed by atoms with Gasteiger partial charge in [-0.25, -0.2) is 4.79 Å². The summed E-state index contributed by atoms with van der Waals surface area (Å²) in [5, 5.41) is 13.9. The van der Waals surface area contributed by atoms with Gasteiger partial charge >= 0.3 is 12.1 Å². The number of esters is 1. The number of methoxy groups -OCH3 is 1. The van der Waals surface area contributed by atoms with Gasteiger partial charge in [0.2, 0.25) is 0 Å². The molecule has 2 rings (SSSR count). The standard InChI is InChI=1S/C17H15F3N2O4/c1-10(11-4-3-5-12(8-11)17(18,19)20)21-13-6-7-15(22(24)25)14(9-13)16(23)26-2/h3-10,21H,1-2H3. The topological polar surface area (TPSA) is 81.5 Å². The van der Waals surface area contributed by atoms with E-state index in [1.807, 2.05) is 0 Å². The summed E-state index contributed by atoms with van der Waals surface area (Å²) in [6.45, 7) is 1.63. The summed E-state index contributed by atoms with van der Waals surface area (Å²) in [7, 11) is 1.09. The summed E-state index contributed by atoms with van der Waals surface area (Å²) in [5.41, 5.74) is -0.742. The number of alkyl halides is 3. The van der Waals surface area contributed by atoms with Crippen LogP contribution >= 0.6 is 0 Å². The van der Waals surface area contributed by atoms with Gasteiger partial charge in [-0.2, -0.15) is 13.2 Å². The Hall–Kier alpha value is -3.10. The van der Waals surface area contributed by atoms with Gasteiger partial charge in [0, 0.05) is 17.8 Å². The van der Waals surface area contributed by atoms with E-state index in [0.29, 0.717) is 11.3 Å². The fourth-order valence-corrected chi connectivity index (χ4v) is 2.38. The number of carbonyl (C=O) groups excluding carboxylic acids is 1. The molecule has 138 valence electrons. The highest BCUT2D eigenvalue weighted by atomic mass is 19.4. The molecule has 6 nitrogen and oxygen atoms in total. The largest absolute Gasteiger partial charge is 0.465 e. The van der Waals surface area contributed by atoms with Crippen LogP contribution in [0.2, 0.25) is 0 Å². The third kappa shape index (κ3) is 4.29. The average molecular weight is 368 g/mol. The number of ether oxygens (including phenoxy) is 1. The molecule has 26 heavy (non-hydrogen) atoms. The molecule has 0 radical (unpaired) electrons. The molecule has 0 aliphatic rings. The second-order valence-electron chi connectivity index (χ2n) is 5.47. The van der Waals surface area contributed by atoms with E-state index < -0.39 is 34.4 Å². The lowest BCUT2D eigenvalue weighted by Crippen LogP contribution is -2.11. The third-order valence-electron chi connectivity index (χ3n) is 3.70. The molecule has 1 atom stereocenters. The molecule has 0 saturated heterocycles. The van der Waals surface area contributed by atoms with Crippen LogP contribution in [-0.4, -0.2) is 18.0 Å². The van der Waals surface area contributed by atoms with Crippen molar-refractivity contribution in [1.29, 1.82) is 0 Å². The van der Waals surface area contributed by atoms with E-state index in [0.717, 1.165) is 25.3 Å². The zero-order chi connectivity index (χ0) is 19.5. The molecule has 2 aromatic rings. The Bertz CT molecular complexity index is 837. The first-order chi connectivity index (χ1) is 12.1. The highest BCUT2D eigenvalue weighted by Crippen LogP contribution is 2.32. The number of halogens is 3. The van der Waals surface area contributed by atoms with Gasteiger partial charge in [-0.05, 0) is 36.8 Å². The van der Waals surface area contributed by atoms with Crippen molar-refractivity contribution < 1.29 is 27.6 Å². The molecular formula is C17H15F3N2O4. The Labute approximate surface area is 146 Å². The molecule has 1 N–H and O–H groups in total. The summed E-state index contributed by atoms with van der Waals surface area (Å²) >= 11 is 0. The van der Waals surface area contributed by atoms with Crippen LogP contribution in [0.5, 0.6) is 0 Å². The molecule has 0 saturated carbocycles. The van der Waals surface area contributed by atoms with Crippen LogP contribution in [0, 0.1) is 10.1 Å². The number of rotatable bonds is 5. The lowest BCUT2D eigenvalue weighted by atomic mass is 10.0. The van der Waals surface area contributed by atoms with Gasteiger partial charge in [0.15, 0.2) is 0 Å². The van der Waals surface area contributed by atoms with Crippen LogP contribution in [0.3, 0.4) is 0 Å². The predicted molar refractivity (Wildman–Crippen MR) is 87.9 cm³/mol. The average Bonchev–Trinajstić information content (AvgIpc) is 2.60. The molecule has 2 aromatic carbocycles. The van der Waals surface area contributed by atoms with Crippen molar-refractivity contribution in [2.24, 2.45) is 0 Å². The van der Waals surface area contributed by atoms with E-state index in [9.17, 15) is 28.1 Å². The molecule has 0 bridgehead atoms. The zero-order valence-corrected chi connectivity index (χ0v) is 13.8. The van der Waals surface area contributed by atoms with Gasteiger partial charge in [0.25, 0.3) is 5.69 Å². The van der Waals surface area contributed by atoms with E-state index in [2.05, 4.69) is 10.1 Å². The highest BCUT2D eigenvalue weighted by molar-refractivity contribution is 5.95. The maximum absolute atomic E-state index is 12.8. The Kier molecular flexibility index (Phi) is 5.49. The van der Waals surface area contributed by atoms with Gasteiger partial charge < -0.3 is 10.1 Å². The van der Waals surface area contributed by atoms with Gasteiger partial charge in [0.05, 0.1) is 17.6 Å². The Balaban J connectivity index is 2.31. The minimum absolute atomic E-state index is 0.251. The first-order valence-corrected chi connectivity index (χ1v) is 7.44. The monoisotopic (exact) mass is 368 g/mol. The van der Waals surface area contributed by atoms with Crippen molar-refractivity contribution in [3.05, 3.63) is 69.3 Å². The Morgan fingerprint density at radius 3 is 2.50 bits per heavy atom. The highest BCUT2D eigenvalue weighted by Gasteiger charge is 2.30. The number of nitro groups is 1. The Morgan fingerprint density at radius 2 is 1.92 bits per heavy atom. The summed E-state index contributed by atoms with van der Waals surface area (Å²) in [4.78, 5) is 22.0. The van der Waals surface area contributed by atoms with E-state index in [-0.39, 0.29) is 5.56 Å². The first-order valence-electron chi connectivity index (χ1n) is 7.44. The van der Waals surface area contributed by atoms with Gasteiger partial charge in [-0.15, -0.1) is 0 Å². The number of nitrogens with one attached hydrogen (secondary N) is 1. The maximum atomic E-state index is 12.8. The maximum Gasteiger partial charge on any atom is 0.416 e. The summed E-state index contributed by atoms with van der Waals surface area (Å²) in [5.74, 6) is -0.882. The minimum Gasteiger partial charge on any atom is -0.465 e. The molecule has 1 unspecified atom stereocenters. The summed E-state index contributed by atoms with van der Waals surface area (Å²) < 4.78 is 43.0. The second-order valence-corrected chi connectivity index (χ2v) is 5.47. The van der Waals surface area contributed by atoms with Crippen molar-refractivity contribution >= 4 is 17.3 Å². The lowest BCUT2D eigenvalue weighted by molar-refractivity contribution is -0.385. The van der Waals surface area contributed by atoms with Crippen molar-refractivity contribution in [2.45, 2.75) is 19.1 Å². The number of hydrogen-bond acceptors (Lipinski definition) is 5. The molecular weight excluding hydrogens is 353 g/mol. The van der Waals surface area contributed by atoms with Crippen molar-refractivity contribution in [1.82, 2.24) is 0 Å². The summed E-state index contributed by atoms with van der Waals surface area (Å²) in [6, 6.07) is 8.01. The van der Waals surface area contributed by atoms with Crippen LogP contribution in [0.1, 0.15) is 34.5 Å². The normalized spacial score (nSPS) is 12.3. The zero-order valence-electron chi connectivity index (χ0n) is 13.8. The van der Waals surface area contributed by atoms with Gasteiger partial charge in [0.1, 0.15) is 5.56 Å². The van der Waals surface area contributed by atoms with Crippen molar-refractivity contribution in [3.63, 3.8) is 0 Å². The molecule has 0 spiro atoms. The molecule has 0 aromatic heterocycles. The number of hydrogen-bond donors (Lipinski definition) is 1. The van der Waals surface area contributed by atoms with Gasteiger partial charge in [-0.1, -0.05) is 12.1 Å². The number of nitrogens with zero attached hydrogens (tertiary/aromatic N) is 1. The molecule has 0 aliphatic carbocycles. The first kappa shape index (κ1) is 19.2. The van der Waals surface area contributed by atoms with Crippen LogP contribution in [-0.2, 0) is 10.9 Å². The molecule has 9 heteroatoms.